The molecule has 0 aliphatic carbocycles. The number of ether oxygens (including phenoxy) is 1. The number of nitrogens with zero attached hydrogens (tertiary/aromatic N) is 5. The van der Waals surface area contributed by atoms with Crippen molar-refractivity contribution in [2.75, 3.05) is 18.9 Å². The third-order valence-electron chi connectivity index (χ3n) is 4.99. The highest BCUT2D eigenvalue weighted by molar-refractivity contribution is 5.80. The minimum atomic E-state index is -0.574. The Morgan fingerprint density at radius 2 is 2.13 bits per heavy atom. The van der Waals surface area contributed by atoms with Crippen molar-refractivity contribution in [1.29, 1.82) is 0 Å². The molecule has 0 radical (unpaired) electrons. The maximum Gasteiger partial charge on any atom is 0.410 e. The van der Waals surface area contributed by atoms with Gasteiger partial charge in [0.2, 0.25) is 0 Å². The molecule has 0 saturated carbocycles. The molecular formula is C21H23N7O3. The molecule has 2 aromatic heterocycles. The van der Waals surface area contributed by atoms with E-state index in [0.717, 1.165) is 11.1 Å². The first-order valence-corrected chi connectivity index (χ1v) is 9.84. The van der Waals surface area contributed by atoms with Gasteiger partial charge >= 0.3 is 6.09 Å². The van der Waals surface area contributed by atoms with E-state index in [1.54, 1.807) is 13.2 Å². The van der Waals surface area contributed by atoms with Gasteiger partial charge in [-0.3, -0.25) is 5.10 Å². The van der Waals surface area contributed by atoms with Crippen molar-refractivity contribution in [1.82, 2.24) is 25.4 Å². The molecular weight excluding hydrogens is 398 g/mol. The number of H-pyrrole nitrogens is 1. The summed E-state index contributed by atoms with van der Waals surface area (Å²) in [5.74, 6) is 0.325. The van der Waals surface area contributed by atoms with E-state index in [4.69, 9.17) is 15.9 Å². The molecule has 3 aromatic rings. The Hall–Kier alpha value is -3.87. The first-order chi connectivity index (χ1) is 14.8. The van der Waals surface area contributed by atoms with E-state index >= 15 is 0 Å². The van der Waals surface area contributed by atoms with E-state index in [1.165, 1.54) is 4.90 Å². The summed E-state index contributed by atoms with van der Waals surface area (Å²) in [5.41, 5.74) is 3.53. The van der Waals surface area contributed by atoms with Crippen LogP contribution in [0.25, 0.3) is 15.9 Å². The summed E-state index contributed by atoms with van der Waals surface area (Å²) >= 11 is 0. The Balaban J connectivity index is 1.67. The molecule has 10 nitrogen and oxygen atoms in total. The Kier molecular flexibility index (Phi) is 5.10. The number of allylic oxidation sites excluding steroid dienone is 1. The maximum atomic E-state index is 12.3. The van der Waals surface area contributed by atoms with E-state index < -0.39 is 11.7 Å². The lowest BCUT2D eigenvalue weighted by Gasteiger charge is -2.28. The summed E-state index contributed by atoms with van der Waals surface area (Å²) < 4.78 is 10.3. The Morgan fingerprint density at radius 1 is 1.32 bits per heavy atom. The predicted molar refractivity (Wildman–Crippen MR) is 113 cm³/mol. The molecule has 1 aromatic carbocycles. The summed E-state index contributed by atoms with van der Waals surface area (Å²) in [5, 5.41) is 18.3. The van der Waals surface area contributed by atoms with E-state index in [0.29, 0.717) is 41.2 Å². The fraction of sp³-hybridized carbons (Fsp3) is 0.381. The highest BCUT2D eigenvalue weighted by Gasteiger charge is 2.33. The van der Waals surface area contributed by atoms with Crippen molar-refractivity contribution >= 4 is 22.9 Å². The molecule has 1 amide bonds. The molecule has 0 spiro atoms. The lowest BCUT2D eigenvalue weighted by molar-refractivity contribution is 0.0301. The number of rotatable bonds is 4. The van der Waals surface area contributed by atoms with Crippen LogP contribution in [0.3, 0.4) is 0 Å². The molecule has 4 rings (SSSR count). The highest BCUT2D eigenvalue weighted by atomic mass is 16.6. The highest BCUT2D eigenvalue weighted by Crippen LogP contribution is 2.43. The third-order valence-corrected chi connectivity index (χ3v) is 4.99. The quantitative estimate of drug-likeness (QED) is 0.614. The van der Waals surface area contributed by atoms with Crippen LogP contribution in [-0.4, -0.2) is 50.7 Å². The number of hydrogen-bond acceptors (Lipinski definition) is 7. The van der Waals surface area contributed by atoms with Crippen LogP contribution in [-0.2, 0) is 4.74 Å². The normalized spacial score (nSPS) is 15.9. The Bertz CT molecular complexity index is 1200. The van der Waals surface area contributed by atoms with E-state index in [2.05, 4.69) is 30.7 Å². The number of aromatic nitrogens is 4. The monoisotopic (exact) mass is 421 g/mol. The molecule has 1 unspecified atom stereocenters. The van der Waals surface area contributed by atoms with Gasteiger partial charge in [-0.05, 0) is 49.1 Å². The van der Waals surface area contributed by atoms with Gasteiger partial charge in [-0.1, -0.05) is 12.1 Å². The van der Waals surface area contributed by atoms with Crippen molar-refractivity contribution in [2.45, 2.75) is 38.7 Å². The summed E-state index contributed by atoms with van der Waals surface area (Å²) in [7, 11) is 1.68. The van der Waals surface area contributed by atoms with Gasteiger partial charge in [0.25, 0.3) is 0 Å². The maximum absolute atomic E-state index is 12.3. The molecule has 0 fully saturated rings. The zero-order valence-electron chi connectivity index (χ0n) is 17.8. The topological polar surface area (TPSA) is 114 Å². The summed E-state index contributed by atoms with van der Waals surface area (Å²) in [6.45, 7) is 13.7. The smallest absolute Gasteiger partial charge is 0.410 e. The van der Waals surface area contributed by atoms with Crippen molar-refractivity contribution in [2.24, 2.45) is 0 Å². The van der Waals surface area contributed by atoms with Gasteiger partial charge in [0.15, 0.2) is 5.70 Å². The van der Waals surface area contributed by atoms with Crippen LogP contribution in [0, 0.1) is 6.57 Å². The zero-order chi connectivity index (χ0) is 22.2. The van der Waals surface area contributed by atoms with Gasteiger partial charge in [0.05, 0.1) is 18.7 Å². The Labute approximate surface area is 179 Å². The second kappa shape index (κ2) is 7.75. The number of nitrogens with one attached hydrogen (secondary N) is 2. The molecule has 1 aliphatic heterocycles. The van der Waals surface area contributed by atoms with Crippen molar-refractivity contribution < 1.29 is 14.2 Å². The predicted octanol–water partition coefficient (Wildman–Crippen LogP) is 3.89. The van der Waals surface area contributed by atoms with Crippen LogP contribution in [0.4, 0.5) is 10.6 Å². The third kappa shape index (κ3) is 3.94. The van der Waals surface area contributed by atoms with Crippen LogP contribution in [0.2, 0.25) is 0 Å². The van der Waals surface area contributed by atoms with Gasteiger partial charge in [-0.15, -0.1) is 0 Å². The fourth-order valence-corrected chi connectivity index (χ4v) is 3.56. The van der Waals surface area contributed by atoms with E-state index in [-0.39, 0.29) is 5.92 Å². The average Bonchev–Trinajstić information content (AvgIpc) is 3.38. The number of carbonyl (C=O) groups excluding carboxylic acids is 1. The Morgan fingerprint density at radius 3 is 2.87 bits per heavy atom. The fourth-order valence-electron chi connectivity index (χ4n) is 3.56. The van der Waals surface area contributed by atoms with Gasteiger partial charge in [0.1, 0.15) is 22.5 Å². The molecule has 31 heavy (non-hydrogen) atoms. The molecule has 0 saturated heterocycles. The second-order valence-electron chi connectivity index (χ2n) is 8.37. The molecule has 1 atom stereocenters. The van der Waals surface area contributed by atoms with Crippen LogP contribution < -0.4 is 5.32 Å². The number of amides is 1. The van der Waals surface area contributed by atoms with Gasteiger partial charge < -0.3 is 15.0 Å². The molecule has 1 aliphatic rings. The van der Waals surface area contributed by atoms with E-state index in [9.17, 15) is 4.79 Å². The summed E-state index contributed by atoms with van der Waals surface area (Å²) in [6.07, 6.45) is 1.73. The molecule has 2 N–H and O–H groups in total. The number of anilines is 1. The van der Waals surface area contributed by atoms with Crippen molar-refractivity contribution in [3.63, 3.8) is 0 Å². The number of hydrogen-bond donors (Lipinski definition) is 2. The number of carbonyl (C=O) groups is 1. The van der Waals surface area contributed by atoms with Gasteiger partial charge in [-0.25, -0.2) is 14.3 Å². The SMILES string of the molecule is [C-]#[N+]C1=C(CCN(C)C(=O)OC(C)(C)C)Nc2[nH]ncc2C1c1cccc2nonc12. The van der Waals surface area contributed by atoms with Crippen LogP contribution >= 0.6 is 0 Å². The molecule has 10 heteroatoms. The number of fused-ring (bicyclic) bond motifs is 2. The first-order valence-electron chi connectivity index (χ1n) is 9.84. The van der Waals surface area contributed by atoms with Crippen LogP contribution in [0.15, 0.2) is 40.4 Å². The van der Waals surface area contributed by atoms with Gasteiger partial charge in [-0.2, -0.15) is 5.10 Å². The van der Waals surface area contributed by atoms with Crippen LogP contribution in [0.5, 0.6) is 0 Å². The summed E-state index contributed by atoms with van der Waals surface area (Å²) in [6, 6.07) is 5.58. The lowest BCUT2D eigenvalue weighted by atomic mass is 9.85. The molecule has 0 bridgehead atoms. The average molecular weight is 421 g/mol. The number of aromatic amines is 1. The number of benzene rings is 1. The minimum Gasteiger partial charge on any atom is -0.444 e. The van der Waals surface area contributed by atoms with Crippen molar-refractivity contribution in [3.8, 4) is 0 Å². The second-order valence-corrected chi connectivity index (χ2v) is 8.37. The van der Waals surface area contributed by atoms with E-state index in [1.807, 2.05) is 39.0 Å². The first kappa shape index (κ1) is 20.4. The largest absolute Gasteiger partial charge is 0.444 e. The molecule has 160 valence electrons. The molecule has 3 heterocycles. The van der Waals surface area contributed by atoms with Crippen molar-refractivity contribution in [3.05, 3.63) is 58.3 Å². The summed E-state index contributed by atoms with van der Waals surface area (Å²) in [4.78, 5) is 17.7. The zero-order valence-corrected chi connectivity index (χ0v) is 17.8. The lowest BCUT2D eigenvalue weighted by Crippen LogP contribution is -2.35. The standard InChI is InChI=1S/C21H23N7O3/c1-21(2,3)30-20(29)28(5)10-9-14-18(22-4)16(13-11-23-25-19(13)24-14)12-7-6-8-15-17(12)27-31-26-15/h6-8,11,16H,9-10H2,1-3,5H3,(H2,23,24,25). The van der Waals surface area contributed by atoms with Crippen LogP contribution in [0.1, 0.15) is 44.2 Å². The van der Waals surface area contributed by atoms with Gasteiger partial charge in [0, 0.05) is 24.9 Å². The minimum absolute atomic E-state index is 0.377.